The van der Waals surface area contributed by atoms with Gasteiger partial charge in [-0.05, 0) is 66.7 Å². The topological polar surface area (TPSA) is 76.5 Å². The van der Waals surface area contributed by atoms with Gasteiger partial charge in [-0.2, -0.15) is 5.06 Å². The Bertz CT molecular complexity index is 375. The fourth-order valence-electron chi connectivity index (χ4n) is 4.26. The molecule has 0 bridgehead atoms. The minimum Gasteiger partial charge on any atom is -0.324 e. The van der Waals surface area contributed by atoms with Crippen LogP contribution in [0.4, 0.5) is 0 Å². The first-order valence-corrected chi connectivity index (χ1v) is 9.69. The van der Waals surface area contributed by atoms with Gasteiger partial charge in [0, 0.05) is 28.7 Å². The quantitative estimate of drug-likeness (QED) is 0.591. The van der Waals surface area contributed by atoms with E-state index in [-0.39, 0.29) is 28.9 Å². The number of nitrogens with two attached hydrogens (primary N) is 2. The van der Waals surface area contributed by atoms with Crippen molar-refractivity contribution in [1.82, 2.24) is 10.4 Å². The summed E-state index contributed by atoms with van der Waals surface area (Å²) in [6.07, 6.45) is 4.56. The fraction of sp³-hybridized carbons (Fsp3) is 1.00. The molecule has 0 aliphatic carbocycles. The van der Waals surface area contributed by atoms with Crippen LogP contribution in [0.3, 0.4) is 0 Å². The Morgan fingerprint density at radius 3 is 1.96 bits per heavy atom. The Kier molecular flexibility index (Phi) is 7.28. The van der Waals surface area contributed by atoms with Crippen molar-refractivity contribution in [1.29, 1.82) is 0 Å². The zero-order chi connectivity index (χ0) is 18.8. The van der Waals surface area contributed by atoms with E-state index in [1.807, 2.05) is 0 Å². The maximum absolute atomic E-state index is 6.59. The van der Waals surface area contributed by atoms with Crippen molar-refractivity contribution in [3.05, 3.63) is 0 Å². The number of hydroxylamine groups is 2. The van der Waals surface area contributed by atoms with Crippen LogP contribution in [0.1, 0.15) is 87.5 Å². The van der Waals surface area contributed by atoms with Gasteiger partial charge < -0.3 is 16.8 Å². The summed E-state index contributed by atoms with van der Waals surface area (Å²) in [5.41, 5.74) is 12.3. The molecule has 1 heterocycles. The first-order valence-electron chi connectivity index (χ1n) is 9.69. The molecule has 0 spiro atoms. The van der Waals surface area contributed by atoms with Gasteiger partial charge in [-0.25, -0.2) is 0 Å². The van der Waals surface area contributed by atoms with Crippen LogP contribution in [-0.2, 0) is 4.84 Å². The summed E-state index contributed by atoms with van der Waals surface area (Å²) in [4.78, 5) is 6.09. The maximum atomic E-state index is 6.59. The third kappa shape index (κ3) is 4.92. The molecule has 0 aromatic carbocycles. The molecular formula is C19H42N4O. The summed E-state index contributed by atoms with van der Waals surface area (Å²) in [5.74, 6) is 0. The highest BCUT2D eigenvalue weighted by molar-refractivity contribution is 5.02. The third-order valence-electron chi connectivity index (χ3n) is 5.90. The second kappa shape index (κ2) is 8.00. The molecule has 5 nitrogen and oxygen atoms in total. The van der Waals surface area contributed by atoms with E-state index in [0.717, 1.165) is 32.1 Å². The van der Waals surface area contributed by atoms with Gasteiger partial charge in [0.1, 0.15) is 6.23 Å². The van der Waals surface area contributed by atoms with Gasteiger partial charge in [0.2, 0.25) is 0 Å². The second-order valence-electron chi connectivity index (χ2n) is 8.91. The van der Waals surface area contributed by atoms with E-state index in [0.29, 0.717) is 6.04 Å². The molecule has 0 radical (unpaired) electrons. The van der Waals surface area contributed by atoms with Crippen molar-refractivity contribution in [2.75, 3.05) is 0 Å². The SMILES string of the molecule is CCC(N)ON1C(C)(C)CC(NC(C)C(N)(CC)CC)CC1(C)C. The summed E-state index contributed by atoms with van der Waals surface area (Å²) >= 11 is 0. The van der Waals surface area contributed by atoms with Crippen molar-refractivity contribution in [2.24, 2.45) is 11.5 Å². The lowest BCUT2D eigenvalue weighted by Gasteiger charge is -2.55. The standard InChI is InChI=1S/C19H42N4O/c1-9-16(20)24-23-17(5,6)12-15(13-18(23,7)8)22-14(4)19(21,10-2)11-3/h14-16,22H,9-13,20-21H2,1-8H3. The molecule has 5 N–H and O–H groups in total. The molecule has 1 aliphatic heterocycles. The van der Waals surface area contributed by atoms with Crippen LogP contribution in [0.2, 0.25) is 0 Å². The summed E-state index contributed by atoms with van der Waals surface area (Å²) in [7, 11) is 0. The number of nitrogens with one attached hydrogen (secondary N) is 1. The first-order chi connectivity index (χ1) is 10.9. The predicted molar refractivity (Wildman–Crippen MR) is 102 cm³/mol. The van der Waals surface area contributed by atoms with E-state index in [1.165, 1.54) is 0 Å². The Morgan fingerprint density at radius 2 is 1.58 bits per heavy atom. The molecule has 0 aromatic heterocycles. The van der Waals surface area contributed by atoms with Gasteiger partial charge in [0.05, 0.1) is 0 Å². The predicted octanol–water partition coefficient (Wildman–Crippen LogP) is 3.13. The zero-order valence-corrected chi connectivity index (χ0v) is 17.3. The van der Waals surface area contributed by atoms with E-state index in [4.69, 9.17) is 16.3 Å². The Balaban J connectivity index is 2.87. The normalized spacial score (nSPS) is 24.8. The molecule has 0 aromatic rings. The summed E-state index contributed by atoms with van der Waals surface area (Å²) in [5, 5.41) is 5.95. The molecule has 1 aliphatic rings. The number of piperidine rings is 1. The molecule has 2 unspecified atom stereocenters. The number of nitrogens with zero attached hydrogens (tertiary/aromatic N) is 1. The highest BCUT2D eigenvalue weighted by Crippen LogP contribution is 2.39. The third-order valence-corrected chi connectivity index (χ3v) is 5.90. The highest BCUT2D eigenvalue weighted by Gasteiger charge is 2.47. The van der Waals surface area contributed by atoms with Crippen LogP contribution in [0.5, 0.6) is 0 Å². The molecule has 0 amide bonds. The van der Waals surface area contributed by atoms with Gasteiger partial charge in [-0.1, -0.05) is 20.8 Å². The number of hydrogen-bond donors (Lipinski definition) is 3. The Labute approximate surface area is 149 Å². The second-order valence-corrected chi connectivity index (χ2v) is 8.91. The van der Waals surface area contributed by atoms with Gasteiger partial charge in [-0.15, -0.1) is 0 Å². The van der Waals surface area contributed by atoms with Crippen LogP contribution < -0.4 is 16.8 Å². The van der Waals surface area contributed by atoms with Crippen molar-refractivity contribution < 1.29 is 4.84 Å². The molecule has 24 heavy (non-hydrogen) atoms. The van der Waals surface area contributed by atoms with Gasteiger partial charge >= 0.3 is 0 Å². The molecule has 1 saturated heterocycles. The molecule has 0 saturated carbocycles. The van der Waals surface area contributed by atoms with Crippen LogP contribution in [0, 0.1) is 0 Å². The molecule has 2 atom stereocenters. The number of hydrogen-bond acceptors (Lipinski definition) is 5. The molecule has 1 fully saturated rings. The van der Waals surface area contributed by atoms with Crippen LogP contribution in [-0.4, -0.2) is 40.0 Å². The van der Waals surface area contributed by atoms with E-state index in [9.17, 15) is 0 Å². The van der Waals surface area contributed by atoms with Crippen molar-refractivity contribution >= 4 is 0 Å². The monoisotopic (exact) mass is 342 g/mol. The lowest BCUT2D eigenvalue weighted by molar-refractivity contribution is -0.307. The largest absolute Gasteiger partial charge is 0.324 e. The molecule has 144 valence electrons. The minimum atomic E-state index is -0.246. The summed E-state index contributed by atoms with van der Waals surface area (Å²) < 4.78 is 0. The fourth-order valence-corrected chi connectivity index (χ4v) is 4.26. The Morgan fingerprint density at radius 1 is 1.12 bits per heavy atom. The van der Waals surface area contributed by atoms with Gasteiger partial charge in [-0.3, -0.25) is 4.84 Å². The summed E-state index contributed by atoms with van der Waals surface area (Å²) in [6.45, 7) is 17.6. The van der Waals surface area contributed by atoms with Crippen molar-refractivity contribution in [3.8, 4) is 0 Å². The number of rotatable bonds is 8. The lowest BCUT2D eigenvalue weighted by atomic mass is 9.77. The lowest BCUT2D eigenvalue weighted by Crippen LogP contribution is -2.67. The van der Waals surface area contributed by atoms with Crippen LogP contribution >= 0.6 is 0 Å². The zero-order valence-electron chi connectivity index (χ0n) is 17.3. The van der Waals surface area contributed by atoms with Gasteiger partial charge in [0.25, 0.3) is 0 Å². The Hall–Kier alpha value is -0.200. The van der Waals surface area contributed by atoms with Crippen molar-refractivity contribution in [2.45, 2.75) is 122 Å². The first kappa shape index (κ1) is 21.8. The van der Waals surface area contributed by atoms with E-state index in [2.05, 4.69) is 65.8 Å². The highest BCUT2D eigenvalue weighted by atomic mass is 16.7. The van der Waals surface area contributed by atoms with Crippen LogP contribution in [0.15, 0.2) is 0 Å². The van der Waals surface area contributed by atoms with Crippen LogP contribution in [0.25, 0.3) is 0 Å². The summed E-state index contributed by atoms with van der Waals surface area (Å²) in [6, 6.07) is 0.707. The van der Waals surface area contributed by atoms with E-state index < -0.39 is 0 Å². The molecule has 1 rings (SSSR count). The van der Waals surface area contributed by atoms with Crippen molar-refractivity contribution in [3.63, 3.8) is 0 Å². The smallest absolute Gasteiger partial charge is 0.127 e. The maximum Gasteiger partial charge on any atom is 0.127 e. The van der Waals surface area contributed by atoms with Gasteiger partial charge in [0.15, 0.2) is 0 Å². The average Bonchev–Trinajstić information content (AvgIpc) is 2.48. The average molecular weight is 343 g/mol. The van der Waals surface area contributed by atoms with E-state index >= 15 is 0 Å². The minimum absolute atomic E-state index is 0.0817. The van der Waals surface area contributed by atoms with E-state index in [1.54, 1.807) is 0 Å². The molecule has 5 heteroatoms. The molecular weight excluding hydrogens is 300 g/mol.